The molecule has 58 valence electrons. The van der Waals surface area contributed by atoms with Crippen molar-refractivity contribution in [3.63, 3.8) is 0 Å². The minimum absolute atomic E-state index is 0.769. The first-order valence-corrected chi connectivity index (χ1v) is 3.46. The molecule has 11 heavy (non-hydrogen) atoms. The van der Waals surface area contributed by atoms with E-state index in [-0.39, 0.29) is 0 Å². The molecule has 3 nitrogen and oxygen atoms in total. The van der Waals surface area contributed by atoms with Gasteiger partial charge in [0.2, 0.25) is 0 Å². The van der Waals surface area contributed by atoms with Crippen molar-refractivity contribution in [2.24, 2.45) is 0 Å². The molecule has 0 aliphatic rings. The Balaban J connectivity index is 2.95. The van der Waals surface area contributed by atoms with Gasteiger partial charge in [0.25, 0.3) is 0 Å². The summed E-state index contributed by atoms with van der Waals surface area (Å²) < 4.78 is 4.55. The number of aromatic nitrogens is 2. The Morgan fingerprint density at radius 2 is 1.45 bits per heavy atom. The summed E-state index contributed by atoms with van der Waals surface area (Å²) in [5.41, 5.74) is 1.54. The maximum Gasteiger partial charge on any atom is 0.134 e. The van der Waals surface area contributed by atoms with E-state index >= 15 is 0 Å². The first-order chi connectivity index (χ1) is 5.38. The van der Waals surface area contributed by atoms with Crippen molar-refractivity contribution in [2.75, 3.05) is 0 Å². The van der Waals surface area contributed by atoms with Gasteiger partial charge in [0.15, 0.2) is 0 Å². The molecule has 1 aromatic rings. The van der Waals surface area contributed by atoms with Gasteiger partial charge in [0.05, 0.1) is 0 Å². The Labute approximate surface area is 65.4 Å². The summed E-state index contributed by atoms with van der Waals surface area (Å²) in [5, 5.41) is 7.40. The Morgan fingerprint density at radius 3 is 1.82 bits per heavy atom. The second kappa shape index (κ2) is 3.71. The van der Waals surface area contributed by atoms with Gasteiger partial charge in [-0.05, 0) is 36.3 Å². The minimum atomic E-state index is 0.769. The summed E-state index contributed by atoms with van der Waals surface area (Å²) in [7, 11) is 0. The van der Waals surface area contributed by atoms with Gasteiger partial charge >= 0.3 is 0 Å². The maximum atomic E-state index is 4.55. The van der Waals surface area contributed by atoms with Crippen LogP contribution in [-0.4, -0.2) is 10.3 Å². The van der Waals surface area contributed by atoms with Crippen molar-refractivity contribution in [2.45, 2.75) is 13.8 Å². The molecule has 1 rings (SSSR count). The third kappa shape index (κ3) is 1.77. The lowest BCUT2D eigenvalue weighted by molar-refractivity contribution is 0.305. The number of nitrogens with zero attached hydrogens (tertiary/aromatic N) is 2. The third-order valence-electron chi connectivity index (χ3n) is 1.19. The quantitative estimate of drug-likeness (QED) is 0.648. The molecule has 0 aromatic carbocycles. The molecular weight excluding hydrogens is 140 g/mol. The van der Waals surface area contributed by atoms with Crippen LogP contribution in [0, 0.1) is 0 Å². The van der Waals surface area contributed by atoms with Crippen LogP contribution in [0.25, 0.3) is 12.2 Å². The van der Waals surface area contributed by atoms with Crippen molar-refractivity contribution in [1.29, 1.82) is 0 Å². The Bertz CT molecular complexity index is 247. The van der Waals surface area contributed by atoms with Gasteiger partial charge in [0.1, 0.15) is 11.4 Å². The zero-order valence-corrected chi connectivity index (χ0v) is 6.61. The van der Waals surface area contributed by atoms with Crippen LogP contribution in [0.15, 0.2) is 16.8 Å². The Morgan fingerprint density at radius 1 is 1.00 bits per heavy atom. The predicted molar refractivity (Wildman–Crippen MR) is 43.7 cm³/mol. The molecule has 0 amide bonds. The van der Waals surface area contributed by atoms with Gasteiger partial charge in [-0.1, -0.05) is 12.2 Å². The summed E-state index contributed by atoms with van der Waals surface area (Å²) in [4.78, 5) is 0. The molecule has 1 heterocycles. The average Bonchev–Trinajstić information content (AvgIpc) is 2.39. The van der Waals surface area contributed by atoms with E-state index in [9.17, 15) is 0 Å². The number of hydrogen-bond donors (Lipinski definition) is 0. The molecule has 1 aromatic heterocycles. The molecule has 0 aliphatic carbocycles. The van der Waals surface area contributed by atoms with Gasteiger partial charge in [-0.3, -0.25) is 0 Å². The summed E-state index contributed by atoms with van der Waals surface area (Å²) in [6, 6.07) is 0. The van der Waals surface area contributed by atoms with E-state index < -0.39 is 0 Å². The molecule has 0 spiro atoms. The SMILES string of the molecule is C/C=C\c1nonc1/C=C\C. The predicted octanol–water partition coefficient (Wildman–Crippen LogP) is 2.14. The van der Waals surface area contributed by atoms with Crippen molar-refractivity contribution in [3.05, 3.63) is 23.5 Å². The van der Waals surface area contributed by atoms with Crippen molar-refractivity contribution in [1.82, 2.24) is 10.3 Å². The van der Waals surface area contributed by atoms with E-state index in [2.05, 4.69) is 14.9 Å². The molecule has 0 radical (unpaired) electrons. The standard InChI is InChI=1S/C8H10N2O/c1-3-5-7-8(6-4-2)10-11-9-7/h3-6H,1-2H3/b5-3-,6-4-. The molecule has 0 aliphatic heterocycles. The van der Waals surface area contributed by atoms with Gasteiger partial charge < -0.3 is 0 Å². The fourth-order valence-electron chi connectivity index (χ4n) is 0.749. The largest absolute Gasteiger partial charge is 0.243 e. The minimum Gasteiger partial charge on any atom is -0.243 e. The zero-order chi connectivity index (χ0) is 8.10. The highest BCUT2D eigenvalue weighted by Crippen LogP contribution is 2.06. The van der Waals surface area contributed by atoms with Crippen LogP contribution in [0.4, 0.5) is 0 Å². The van der Waals surface area contributed by atoms with Crippen LogP contribution < -0.4 is 0 Å². The van der Waals surface area contributed by atoms with E-state index in [1.54, 1.807) is 0 Å². The first-order valence-electron chi connectivity index (χ1n) is 3.46. The van der Waals surface area contributed by atoms with Crippen LogP contribution >= 0.6 is 0 Å². The summed E-state index contributed by atoms with van der Waals surface area (Å²) in [6.45, 7) is 3.85. The van der Waals surface area contributed by atoms with Gasteiger partial charge in [-0.25, -0.2) is 4.63 Å². The molecule has 0 bridgehead atoms. The Kier molecular flexibility index (Phi) is 2.60. The zero-order valence-electron chi connectivity index (χ0n) is 6.61. The van der Waals surface area contributed by atoms with Crippen molar-refractivity contribution < 1.29 is 4.63 Å². The number of hydrogen-bond acceptors (Lipinski definition) is 3. The van der Waals surface area contributed by atoms with Crippen molar-refractivity contribution >= 4 is 12.2 Å². The fourth-order valence-corrected chi connectivity index (χ4v) is 0.749. The third-order valence-corrected chi connectivity index (χ3v) is 1.19. The summed E-state index contributed by atoms with van der Waals surface area (Å²) in [5.74, 6) is 0. The van der Waals surface area contributed by atoms with Crippen LogP contribution in [0.5, 0.6) is 0 Å². The second-order valence-electron chi connectivity index (χ2n) is 2.03. The maximum absolute atomic E-state index is 4.55. The van der Waals surface area contributed by atoms with Gasteiger partial charge in [0, 0.05) is 0 Å². The lowest BCUT2D eigenvalue weighted by Crippen LogP contribution is -1.75. The number of allylic oxidation sites excluding steroid dienone is 2. The van der Waals surface area contributed by atoms with E-state index in [4.69, 9.17) is 0 Å². The van der Waals surface area contributed by atoms with Gasteiger partial charge in [-0.2, -0.15) is 0 Å². The monoisotopic (exact) mass is 150 g/mol. The lowest BCUT2D eigenvalue weighted by atomic mass is 10.3. The number of rotatable bonds is 2. The highest BCUT2D eigenvalue weighted by molar-refractivity contribution is 5.57. The highest BCUT2D eigenvalue weighted by atomic mass is 16.6. The fraction of sp³-hybridized carbons (Fsp3) is 0.250. The molecule has 0 atom stereocenters. The smallest absolute Gasteiger partial charge is 0.134 e. The topological polar surface area (TPSA) is 38.9 Å². The molecular formula is C8H10N2O. The molecule has 0 unspecified atom stereocenters. The van der Waals surface area contributed by atoms with Crippen LogP contribution in [0.1, 0.15) is 25.2 Å². The summed E-state index contributed by atoms with van der Waals surface area (Å²) in [6.07, 6.45) is 7.50. The summed E-state index contributed by atoms with van der Waals surface area (Å²) >= 11 is 0. The highest BCUT2D eigenvalue weighted by Gasteiger charge is 2.00. The van der Waals surface area contributed by atoms with E-state index in [1.807, 2.05) is 38.2 Å². The van der Waals surface area contributed by atoms with Crippen LogP contribution in [0.2, 0.25) is 0 Å². The first kappa shape index (κ1) is 7.72. The van der Waals surface area contributed by atoms with Crippen molar-refractivity contribution in [3.8, 4) is 0 Å². The van der Waals surface area contributed by atoms with Gasteiger partial charge in [-0.15, -0.1) is 0 Å². The molecule has 0 saturated heterocycles. The molecule has 3 heteroatoms. The second-order valence-corrected chi connectivity index (χ2v) is 2.03. The van der Waals surface area contributed by atoms with E-state index in [0.29, 0.717) is 0 Å². The van der Waals surface area contributed by atoms with Crippen LogP contribution in [0.3, 0.4) is 0 Å². The Hall–Kier alpha value is -1.38. The van der Waals surface area contributed by atoms with E-state index in [0.717, 1.165) is 11.4 Å². The normalized spacial score (nSPS) is 11.8. The van der Waals surface area contributed by atoms with E-state index in [1.165, 1.54) is 0 Å². The molecule has 0 fully saturated rings. The average molecular weight is 150 g/mol. The van der Waals surface area contributed by atoms with Crippen LogP contribution in [-0.2, 0) is 0 Å². The lowest BCUT2D eigenvalue weighted by Gasteiger charge is -1.81. The molecule has 0 N–H and O–H groups in total. The molecule has 0 saturated carbocycles.